The van der Waals surface area contributed by atoms with Crippen LogP contribution in [0.3, 0.4) is 0 Å². The Hall–Kier alpha value is -2.14. The molecule has 1 aromatic heterocycles. The first-order valence-electron chi connectivity index (χ1n) is 5.70. The molecule has 5 heteroatoms. The van der Waals surface area contributed by atoms with E-state index in [0.29, 0.717) is 12.8 Å². The van der Waals surface area contributed by atoms with Crippen molar-refractivity contribution in [3.63, 3.8) is 0 Å². The fourth-order valence-corrected chi connectivity index (χ4v) is 1.63. The van der Waals surface area contributed by atoms with Crippen molar-refractivity contribution in [3.05, 3.63) is 48.3 Å². The van der Waals surface area contributed by atoms with E-state index in [4.69, 9.17) is 0 Å². The van der Waals surface area contributed by atoms with Crippen LogP contribution in [0.5, 0.6) is 0 Å². The molecule has 1 amide bonds. The van der Waals surface area contributed by atoms with Crippen LogP contribution in [0.2, 0.25) is 0 Å². The predicted molar refractivity (Wildman–Crippen MR) is 67.0 cm³/mol. The van der Waals surface area contributed by atoms with Crippen LogP contribution in [0.15, 0.2) is 42.7 Å². The van der Waals surface area contributed by atoms with Gasteiger partial charge in [0.15, 0.2) is 0 Å². The molecule has 0 saturated carbocycles. The largest absolute Gasteiger partial charge is 0.277 e. The number of benzene rings is 1. The zero-order valence-corrected chi connectivity index (χ0v) is 10.2. The Morgan fingerprint density at radius 3 is 2.89 bits per heavy atom. The molecule has 94 valence electrons. The van der Waals surface area contributed by atoms with E-state index in [1.165, 1.54) is 7.11 Å². The second-order valence-corrected chi connectivity index (χ2v) is 3.86. The molecule has 0 unspecified atom stereocenters. The van der Waals surface area contributed by atoms with Gasteiger partial charge < -0.3 is 0 Å². The molecular weight excluding hydrogens is 230 g/mol. The normalized spacial score (nSPS) is 10.3. The summed E-state index contributed by atoms with van der Waals surface area (Å²) in [6.45, 7) is 0. The van der Waals surface area contributed by atoms with Gasteiger partial charge in [-0.25, -0.2) is 10.2 Å². The van der Waals surface area contributed by atoms with Crippen LogP contribution in [0.25, 0.3) is 5.69 Å². The third-order valence-electron chi connectivity index (χ3n) is 2.51. The number of nitrogens with one attached hydrogen (secondary N) is 1. The van der Waals surface area contributed by atoms with Crippen LogP contribution in [-0.4, -0.2) is 22.8 Å². The maximum absolute atomic E-state index is 11.2. The van der Waals surface area contributed by atoms with E-state index in [9.17, 15) is 4.79 Å². The van der Waals surface area contributed by atoms with E-state index in [0.717, 1.165) is 11.3 Å². The number of carbonyl (C=O) groups excluding carboxylic acids is 1. The Kier molecular flexibility index (Phi) is 4.09. The van der Waals surface area contributed by atoms with E-state index >= 15 is 0 Å². The number of aromatic nitrogens is 2. The van der Waals surface area contributed by atoms with E-state index in [1.807, 2.05) is 36.5 Å². The quantitative estimate of drug-likeness (QED) is 0.812. The number of amides is 1. The minimum atomic E-state index is -0.134. The summed E-state index contributed by atoms with van der Waals surface area (Å²) in [4.78, 5) is 15.8. The summed E-state index contributed by atoms with van der Waals surface area (Å²) in [5, 5.41) is 4.26. The molecule has 0 atom stereocenters. The predicted octanol–water partition coefficient (Wildman–Crippen LogP) is 1.48. The van der Waals surface area contributed by atoms with E-state index < -0.39 is 0 Å². The molecule has 1 aromatic carbocycles. The second kappa shape index (κ2) is 5.97. The average molecular weight is 245 g/mol. The van der Waals surface area contributed by atoms with E-state index in [-0.39, 0.29) is 5.91 Å². The number of carbonyl (C=O) groups is 1. The summed E-state index contributed by atoms with van der Waals surface area (Å²) in [7, 11) is 1.42. The van der Waals surface area contributed by atoms with Crippen molar-refractivity contribution in [1.29, 1.82) is 0 Å². The average Bonchev–Trinajstić information content (AvgIpc) is 2.87. The highest BCUT2D eigenvalue weighted by molar-refractivity contribution is 5.74. The standard InChI is InChI=1S/C13H15N3O2/c1-18-15-13(17)8-7-11-9-14-16(10-11)12-5-3-2-4-6-12/h2-6,9-10H,7-8H2,1H3,(H,15,17). The molecule has 18 heavy (non-hydrogen) atoms. The lowest BCUT2D eigenvalue weighted by Crippen LogP contribution is -2.21. The van der Waals surface area contributed by atoms with Crippen LogP contribution >= 0.6 is 0 Å². The molecule has 0 bridgehead atoms. The van der Waals surface area contributed by atoms with Gasteiger partial charge in [0, 0.05) is 12.6 Å². The van der Waals surface area contributed by atoms with Gasteiger partial charge in [-0.1, -0.05) is 18.2 Å². The smallest absolute Gasteiger partial charge is 0.243 e. The molecule has 0 aliphatic carbocycles. The van der Waals surface area contributed by atoms with Crippen LogP contribution < -0.4 is 5.48 Å². The molecule has 0 aliphatic heterocycles. The Labute approximate surface area is 105 Å². The zero-order valence-electron chi connectivity index (χ0n) is 10.2. The van der Waals surface area contributed by atoms with Gasteiger partial charge in [0.2, 0.25) is 5.91 Å². The van der Waals surface area contributed by atoms with Crippen molar-refractivity contribution >= 4 is 5.91 Å². The van der Waals surface area contributed by atoms with Crippen molar-refractivity contribution in [1.82, 2.24) is 15.3 Å². The molecular formula is C13H15N3O2. The Balaban J connectivity index is 1.97. The van der Waals surface area contributed by atoms with Crippen molar-refractivity contribution in [3.8, 4) is 5.69 Å². The maximum atomic E-state index is 11.2. The summed E-state index contributed by atoms with van der Waals surface area (Å²) >= 11 is 0. The fraction of sp³-hybridized carbons (Fsp3) is 0.231. The summed E-state index contributed by atoms with van der Waals surface area (Å²) < 4.78 is 1.80. The summed E-state index contributed by atoms with van der Waals surface area (Å²) in [5.41, 5.74) is 4.31. The highest BCUT2D eigenvalue weighted by atomic mass is 16.6. The van der Waals surface area contributed by atoms with Crippen molar-refractivity contribution in [2.75, 3.05) is 7.11 Å². The number of para-hydroxylation sites is 1. The molecule has 1 heterocycles. The first kappa shape index (κ1) is 12.3. The van der Waals surface area contributed by atoms with Crippen LogP contribution in [0, 0.1) is 0 Å². The fourth-order valence-electron chi connectivity index (χ4n) is 1.63. The molecule has 0 fully saturated rings. The third-order valence-corrected chi connectivity index (χ3v) is 2.51. The minimum Gasteiger partial charge on any atom is -0.277 e. The number of hydrogen-bond donors (Lipinski definition) is 1. The summed E-state index contributed by atoms with van der Waals surface area (Å²) in [5.74, 6) is -0.134. The molecule has 0 radical (unpaired) electrons. The van der Waals surface area contributed by atoms with Crippen LogP contribution in [0.4, 0.5) is 0 Å². The molecule has 0 saturated heterocycles. The Bertz CT molecular complexity index is 508. The lowest BCUT2D eigenvalue weighted by atomic mass is 10.2. The summed E-state index contributed by atoms with van der Waals surface area (Å²) in [6.07, 6.45) is 4.72. The van der Waals surface area contributed by atoms with Gasteiger partial charge in [-0.15, -0.1) is 0 Å². The topological polar surface area (TPSA) is 56.1 Å². The SMILES string of the molecule is CONC(=O)CCc1cnn(-c2ccccc2)c1. The molecule has 5 nitrogen and oxygen atoms in total. The Morgan fingerprint density at radius 1 is 1.39 bits per heavy atom. The molecule has 0 aliphatic rings. The van der Waals surface area contributed by atoms with Crippen molar-refractivity contribution < 1.29 is 9.63 Å². The summed E-state index contributed by atoms with van der Waals surface area (Å²) in [6, 6.07) is 9.84. The van der Waals surface area contributed by atoms with E-state index in [2.05, 4.69) is 15.4 Å². The van der Waals surface area contributed by atoms with Gasteiger partial charge in [0.25, 0.3) is 0 Å². The first-order chi connectivity index (χ1) is 8.79. The molecule has 1 N–H and O–H groups in total. The highest BCUT2D eigenvalue weighted by Crippen LogP contribution is 2.08. The Morgan fingerprint density at radius 2 is 2.17 bits per heavy atom. The van der Waals surface area contributed by atoms with Crippen molar-refractivity contribution in [2.24, 2.45) is 0 Å². The zero-order chi connectivity index (χ0) is 12.8. The second-order valence-electron chi connectivity index (χ2n) is 3.86. The monoisotopic (exact) mass is 245 g/mol. The van der Waals surface area contributed by atoms with Crippen LogP contribution in [-0.2, 0) is 16.1 Å². The van der Waals surface area contributed by atoms with Gasteiger partial charge in [0.05, 0.1) is 19.0 Å². The molecule has 2 aromatic rings. The number of hydrogen-bond acceptors (Lipinski definition) is 3. The number of hydroxylamine groups is 1. The van der Waals surface area contributed by atoms with Crippen molar-refractivity contribution in [2.45, 2.75) is 12.8 Å². The lowest BCUT2D eigenvalue weighted by molar-refractivity contribution is -0.131. The van der Waals surface area contributed by atoms with Gasteiger partial charge in [0.1, 0.15) is 0 Å². The van der Waals surface area contributed by atoms with E-state index in [1.54, 1.807) is 10.9 Å². The highest BCUT2D eigenvalue weighted by Gasteiger charge is 2.04. The molecule has 0 spiro atoms. The maximum Gasteiger partial charge on any atom is 0.243 e. The van der Waals surface area contributed by atoms with Gasteiger partial charge in [-0.3, -0.25) is 9.63 Å². The number of nitrogens with zero attached hydrogens (tertiary/aromatic N) is 2. The lowest BCUT2D eigenvalue weighted by Gasteiger charge is -2.00. The minimum absolute atomic E-state index is 0.134. The number of rotatable bonds is 5. The number of aryl methyl sites for hydroxylation is 1. The van der Waals surface area contributed by atoms with Gasteiger partial charge >= 0.3 is 0 Å². The third kappa shape index (κ3) is 3.18. The van der Waals surface area contributed by atoms with Gasteiger partial charge in [-0.05, 0) is 24.1 Å². The van der Waals surface area contributed by atoms with Crippen LogP contribution in [0.1, 0.15) is 12.0 Å². The first-order valence-corrected chi connectivity index (χ1v) is 5.70. The van der Waals surface area contributed by atoms with Gasteiger partial charge in [-0.2, -0.15) is 5.10 Å². The molecule has 2 rings (SSSR count).